The summed E-state index contributed by atoms with van der Waals surface area (Å²) in [4.78, 5) is 10.8. The number of ketones is 1. The van der Waals surface area contributed by atoms with E-state index < -0.39 is 0 Å². The molecule has 1 aromatic rings. The second kappa shape index (κ2) is 5.27. The molecule has 0 bridgehead atoms. The van der Waals surface area contributed by atoms with Crippen molar-refractivity contribution in [1.29, 1.82) is 0 Å². The van der Waals surface area contributed by atoms with E-state index in [1.54, 1.807) is 18.2 Å². The Bertz CT molecular complexity index is 376. The number of alkyl halides is 1. The molecule has 0 aliphatic rings. The highest BCUT2D eigenvalue weighted by Crippen LogP contribution is 2.17. The molecule has 0 fully saturated rings. The van der Waals surface area contributed by atoms with Gasteiger partial charge in [-0.05, 0) is 39.7 Å². The molecule has 0 aliphatic carbocycles. The molecule has 0 atom stereocenters. The lowest BCUT2D eigenvalue weighted by Crippen LogP contribution is -1.91. The molecule has 4 heteroatoms. The third kappa shape index (κ3) is 3.24. The van der Waals surface area contributed by atoms with Crippen molar-refractivity contribution < 1.29 is 9.18 Å². The van der Waals surface area contributed by atoms with Crippen LogP contribution in [-0.2, 0) is 4.79 Å². The first-order valence-electron chi connectivity index (χ1n) is 3.85. The molecule has 74 valence electrons. The smallest absolute Gasteiger partial charge is 0.170 e. The van der Waals surface area contributed by atoms with Crippen LogP contribution in [0.15, 0.2) is 28.7 Å². The topological polar surface area (TPSA) is 17.1 Å². The fourth-order valence-corrected chi connectivity index (χ4v) is 1.34. The van der Waals surface area contributed by atoms with E-state index in [-0.39, 0.29) is 17.5 Å². The zero-order chi connectivity index (χ0) is 10.6. The van der Waals surface area contributed by atoms with E-state index in [0.717, 1.165) is 5.56 Å². The number of hydrogen-bond donors (Lipinski definition) is 0. The van der Waals surface area contributed by atoms with Crippen molar-refractivity contribution in [2.24, 2.45) is 0 Å². The van der Waals surface area contributed by atoms with Crippen LogP contribution in [0.4, 0.5) is 4.39 Å². The van der Waals surface area contributed by atoms with Crippen LogP contribution in [0.1, 0.15) is 5.56 Å². The molecule has 1 aromatic carbocycles. The number of allylic oxidation sites excluding steroid dienone is 1. The molecular weight excluding hydrogens is 270 g/mol. The first-order valence-corrected chi connectivity index (χ1v) is 5.18. The molecule has 1 rings (SSSR count). The molecule has 0 N–H and O–H groups in total. The quantitative estimate of drug-likeness (QED) is 0.611. The van der Waals surface area contributed by atoms with E-state index in [1.165, 1.54) is 12.1 Å². The van der Waals surface area contributed by atoms with Crippen molar-refractivity contribution in [2.45, 2.75) is 0 Å². The van der Waals surface area contributed by atoms with Crippen LogP contribution in [0.5, 0.6) is 0 Å². The van der Waals surface area contributed by atoms with Crippen molar-refractivity contribution in [2.75, 3.05) is 5.88 Å². The summed E-state index contributed by atoms with van der Waals surface area (Å²) < 4.78 is 13.2. The van der Waals surface area contributed by atoms with Crippen LogP contribution in [0, 0.1) is 5.82 Å². The molecule has 14 heavy (non-hydrogen) atoms. The van der Waals surface area contributed by atoms with Gasteiger partial charge in [0.25, 0.3) is 0 Å². The standard InChI is InChI=1S/C10H7BrClFO/c11-9-5-7(2-4-10(9)13)1-3-8(14)6-12/h1-5H,6H2/b3-1+. The highest BCUT2D eigenvalue weighted by atomic mass is 79.9. The van der Waals surface area contributed by atoms with Gasteiger partial charge in [-0.1, -0.05) is 12.1 Å². The van der Waals surface area contributed by atoms with Gasteiger partial charge in [-0.3, -0.25) is 4.79 Å². The van der Waals surface area contributed by atoms with Gasteiger partial charge in [0.2, 0.25) is 0 Å². The first kappa shape index (κ1) is 11.4. The summed E-state index contributed by atoms with van der Waals surface area (Å²) in [6.45, 7) is 0. The maximum Gasteiger partial charge on any atom is 0.170 e. The lowest BCUT2D eigenvalue weighted by Gasteiger charge is -1.96. The van der Waals surface area contributed by atoms with Gasteiger partial charge in [0.05, 0.1) is 10.4 Å². The number of carbonyl (C=O) groups is 1. The Kier molecular flexibility index (Phi) is 4.29. The van der Waals surface area contributed by atoms with Gasteiger partial charge < -0.3 is 0 Å². The van der Waals surface area contributed by atoms with Crippen LogP contribution in [0.2, 0.25) is 0 Å². The minimum atomic E-state index is -0.328. The molecule has 0 spiro atoms. The zero-order valence-corrected chi connectivity index (χ0v) is 9.48. The van der Waals surface area contributed by atoms with Crippen LogP contribution in [0.3, 0.4) is 0 Å². The van der Waals surface area contributed by atoms with Crippen LogP contribution in [-0.4, -0.2) is 11.7 Å². The third-order valence-electron chi connectivity index (χ3n) is 1.54. The Morgan fingerprint density at radius 1 is 1.57 bits per heavy atom. The minimum absolute atomic E-state index is 0.0428. The van der Waals surface area contributed by atoms with Crippen molar-refractivity contribution in [3.63, 3.8) is 0 Å². The summed E-state index contributed by atoms with van der Waals surface area (Å²) in [7, 11) is 0. The normalized spacial score (nSPS) is 10.8. The first-order chi connectivity index (χ1) is 6.63. The highest BCUT2D eigenvalue weighted by molar-refractivity contribution is 9.10. The van der Waals surface area contributed by atoms with Crippen LogP contribution < -0.4 is 0 Å². The lowest BCUT2D eigenvalue weighted by molar-refractivity contribution is -0.112. The average molecular weight is 278 g/mol. The van der Waals surface area contributed by atoms with E-state index in [2.05, 4.69) is 15.9 Å². The van der Waals surface area contributed by atoms with E-state index >= 15 is 0 Å². The third-order valence-corrected chi connectivity index (χ3v) is 2.41. The summed E-state index contributed by atoms with van der Waals surface area (Å²) in [6, 6.07) is 4.50. The van der Waals surface area contributed by atoms with Gasteiger partial charge in [0, 0.05) is 0 Å². The summed E-state index contributed by atoms with van der Waals surface area (Å²) in [5, 5.41) is 0. The summed E-state index contributed by atoms with van der Waals surface area (Å²) in [6.07, 6.45) is 2.96. The van der Waals surface area contributed by atoms with Crippen molar-refractivity contribution in [3.05, 3.63) is 40.1 Å². The Morgan fingerprint density at radius 3 is 2.86 bits per heavy atom. The second-order valence-corrected chi connectivity index (χ2v) is 3.73. The Hall–Kier alpha value is -0.670. The fraction of sp³-hybridized carbons (Fsp3) is 0.100. The van der Waals surface area contributed by atoms with Crippen molar-refractivity contribution in [1.82, 2.24) is 0 Å². The van der Waals surface area contributed by atoms with E-state index in [1.807, 2.05) is 0 Å². The van der Waals surface area contributed by atoms with E-state index in [0.29, 0.717) is 4.47 Å². The Labute approximate surface area is 94.7 Å². The monoisotopic (exact) mass is 276 g/mol. The van der Waals surface area contributed by atoms with Crippen LogP contribution in [0.25, 0.3) is 6.08 Å². The van der Waals surface area contributed by atoms with Gasteiger partial charge in [0.15, 0.2) is 5.78 Å². The van der Waals surface area contributed by atoms with Crippen LogP contribution >= 0.6 is 27.5 Å². The summed E-state index contributed by atoms with van der Waals surface area (Å²) in [5.74, 6) is -0.545. The van der Waals surface area contributed by atoms with E-state index in [4.69, 9.17) is 11.6 Å². The largest absolute Gasteiger partial charge is 0.294 e. The second-order valence-electron chi connectivity index (χ2n) is 2.61. The van der Waals surface area contributed by atoms with Gasteiger partial charge in [0.1, 0.15) is 5.82 Å². The zero-order valence-electron chi connectivity index (χ0n) is 7.14. The number of carbonyl (C=O) groups excluding carboxylic acids is 1. The summed E-state index contributed by atoms with van der Waals surface area (Å²) >= 11 is 8.35. The van der Waals surface area contributed by atoms with Gasteiger partial charge in [-0.15, -0.1) is 11.6 Å². The molecule has 0 unspecified atom stereocenters. The average Bonchev–Trinajstić information content (AvgIpc) is 2.19. The van der Waals surface area contributed by atoms with Gasteiger partial charge >= 0.3 is 0 Å². The van der Waals surface area contributed by atoms with Gasteiger partial charge in [-0.2, -0.15) is 0 Å². The maximum atomic E-state index is 12.8. The summed E-state index contributed by atoms with van der Waals surface area (Å²) in [5.41, 5.74) is 0.747. The molecule has 0 aliphatic heterocycles. The molecule has 0 radical (unpaired) electrons. The SMILES string of the molecule is O=C(/C=C/c1ccc(F)c(Br)c1)CCl. The molecule has 0 aromatic heterocycles. The molecular formula is C10H7BrClFO. The molecule has 0 saturated heterocycles. The predicted octanol–water partition coefficient (Wildman–Crippen LogP) is 3.41. The molecule has 0 heterocycles. The number of hydrogen-bond acceptors (Lipinski definition) is 1. The molecule has 0 amide bonds. The number of halogens is 3. The fourth-order valence-electron chi connectivity index (χ4n) is 0.850. The number of rotatable bonds is 3. The van der Waals surface area contributed by atoms with Gasteiger partial charge in [-0.25, -0.2) is 4.39 Å². The Balaban J connectivity index is 2.83. The maximum absolute atomic E-state index is 12.8. The number of benzene rings is 1. The van der Waals surface area contributed by atoms with Crippen molar-refractivity contribution in [3.8, 4) is 0 Å². The van der Waals surface area contributed by atoms with E-state index in [9.17, 15) is 9.18 Å². The minimum Gasteiger partial charge on any atom is -0.294 e. The predicted molar refractivity (Wildman–Crippen MR) is 58.9 cm³/mol. The highest BCUT2D eigenvalue weighted by Gasteiger charge is 1.98. The lowest BCUT2D eigenvalue weighted by atomic mass is 10.2. The van der Waals surface area contributed by atoms with Crippen molar-refractivity contribution >= 4 is 39.4 Å². The molecule has 1 nitrogen and oxygen atoms in total. The molecule has 0 saturated carbocycles. The Morgan fingerprint density at radius 2 is 2.29 bits per heavy atom.